The van der Waals surface area contributed by atoms with Crippen molar-refractivity contribution < 1.29 is 13.2 Å². The number of benzene rings is 1. The highest BCUT2D eigenvalue weighted by Crippen LogP contribution is 2.26. The number of piperidine rings is 1. The lowest BCUT2D eigenvalue weighted by Gasteiger charge is -2.30. The van der Waals surface area contributed by atoms with Crippen LogP contribution in [0.15, 0.2) is 42.7 Å². The smallest absolute Gasteiger partial charge is 0.223 e. The molecule has 9 heteroatoms. The predicted octanol–water partition coefficient (Wildman–Crippen LogP) is 3.25. The van der Waals surface area contributed by atoms with Crippen molar-refractivity contribution in [3.63, 3.8) is 0 Å². The molecule has 1 saturated heterocycles. The molecule has 2 aromatic rings. The highest BCUT2D eigenvalue weighted by molar-refractivity contribution is 7.88. The molecule has 1 aliphatic heterocycles. The van der Waals surface area contributed by atoms with E-state index in [1.807, 2.05) is 12.1 Å². The zero-order valence-corrected chi connectivity index (χ0v) is 17.5. The first-order chi connectivity index (χ1) is 13.3. The molecule has 1 N–H and O–H groups in total. The summed E-state index contributed by atoms with van der Waals surface area (Å²) in [4.78, 5) is 16.3. The Morgan fingerprint density at radius 1 is 1.07 bits per heavy atom. The summed E-state index contributed by atoms with van der Waals surface area (Å²) in [7, 11) is -3.48. The van der Waals surface area contributed by atoms with Gasteiger partial charge in [0.25, 0.3) is 0 Å². The third-order valence-electron chi connectivity index (χ3n) is 4.77. The molecule has 0 aliphatic carbocycles. The highest BCUT2D eigenvalue weighted by Gasteiger charge is 2.31. The van der Waals surface area contributed by atoms with Crippen molar-refractivity contribution in [1.82, 2.24) is 14.6 Å². The monoisotopic (exact) mass is 441 g/mol. The van der Waals surface area contributed by atoms with Crippen LogP contribution in [0.25, 0.3) is 0 Å². The van der Waals surface area contributed by atoms with Gasteiger partial charge in [0.15, 0.2) is 0 Å². The Kier molecular flexibility index (Phi) is 6.93. The van der Waals surface area contributed by atoms with Gasteiger partial charge in [0.1, 0.15) is 0 Å². The maximum Gasteiger partial charge on any atom is 0.223 e. The third kappa shape index (κ3) is 5.44. The minimum Gasteiger partial charge on any atom is -0.352 e. The van der Waals surface area contributed by atoms with Gasteiger partial charge >= 0.3 is 0 Å². The number of sulfonamides is 1. The number of carbonyl (C=O) groups is 1. The number of nitrogens with zero attached hydrogens (tertiary/aromatic N) is 2. The summed E-state index contributed by atoms with van der Waals surface area (Å²) in [6.45, 7) is 1.10. The topological polar surface area (TPSA) is 79.4 Å². The number of rotatable bonds is 6. The van der Waals surface area contributed by atoms with Crippen LogP contribution in [-0.4, -0.2) is 36.7 Å². The molecule has 0 spiro atoms. The number of amides is 1. The summed E-state index contributed by atoms with van der Waals surface area (Å²) >= 11 is 11.8. The van der Waals surface area contributed by atoms with Crippen molar-refractivity contribution in [2.24, 2.45) is 5.92 Å². The molecule has 0 saturated carbocycles. The summed E-state index contributed by atoms with van der Waals surface area (Å²) in [5.74, 6) is -0.361. The normalized spacial score (nSPS) is 16.1. The Morgan fingerprint density at radius 2 is 1.75 bits per heavy atom. The summed E-state index contributed by atoms with van der Waals surface area (Å²) in [6, 6.07) is 8.51. The molecule has 0 bridgehead atoms. The second-order valence-electron chi connectivity index (χ2n) is 6.75. The number of pyridine rings is 1. The van der Waals surface area contributed by atoms with Crippen LogP contribution in [0.4, 0.5) is 0 Å². The fraction of sp³-hybridized carbons (Fsp3) is 0.368. The SMILES string of the molecule is O=C(NCc1ccncc1)C1CCN(S(=O)(=O)Cc2ccc(Cl)c(Cl)c2)CC1. The van der Waals surface area contributed by atoms with Crippen LogP contribution in [0.3, 0.4) is 0 Å². The lowest BCUT2D eigenvalue weighted by molar-refractivity contribution is -0.126. The fourth-order valence-corrected chi connectivity index (χ4v) is 5.03. The van der Waals surface area contributed by atoms with E-state index < -0.39 is 10.0 Å². The maximum atomic E-state index is 12.7. The van der Waals surface area contributed by atoms with E-state index in [2.05, 4.69) is 10.3 Å². The molecule has 1 fully saturated rings. The molecule has 28 heavy (non-hydrogen) atoms. The summed E-state index contributed by atoms with van der Waals surface area (Å²) in [5, 5.41) is 3.63. The largest absolute Gasteiger partial charge is 0.352 e. The van der Waals surface area contributed by atoms with Gasteiger partial charge in [0.05, 0.1) is 15.8 Å². The third-order valence-corrected chi connectivity index (χ3v) is 7.36. The molecule has 150 valence electrons. The fourth-order valence-electron chi connectivity index (χ4n) is 3.16. The number of halogens is 2. The molecule has 3 rings (SSSR count). The van der Waals surface area contributed by atoms with Gasteiger partial charge in [0, 0.05) is 37.9 Å². The van der Waals surface area contributed by atoms with Crippen LogP contribution in [-0.2, 0) is 27.1 Å². The first-order valence-corrected chi connectivity index (χ1v) is 11.3. The zero-order chi connectivity index (χ0) is 20.1. The minimum absolute atomic E-state index is 0.0432. The van der Waals surface area contributed by atoms with Gasteiger partial charge in [-0.1, -0.05) is 29.3 Å². The van der Waals surface area contributed by atoms with E-state index in [0.717, 1.165) is 5.56 Å². The predicted molar refractivity (Wildman–Crippen MR) is 109 cm³/mol. The molecule has 0 radical (unpaired) electrons. The van der Waals surface area contributed by atoms with Crippen molar-refractivity contribution in [3.8, 4) is 0 Å². The number of aromatic nitrogens is 1. The van der Waals surface area contributed by atoms with Crippen molar-refractivity contribution in [1.29, 1.82) is 0 Å². The Labute approximate surface area is 174 Å². The van der Waals surface area contributed by atoms with Gasteiger partial charge < -0.3 is 5.32 Å². The molecular formula is C19H21Cl2N3O3S. The summed E-state index contributed by atoms with van der Waals surface area (Å²) in [5.41, 5.74) is 1.57. The standard InChI is InChI=1S/C19H21Cl2N3O3S/c20-17-2-1-15(11-18(17)21)13-28(26,27)24-9-5-16(6-10-24)19(25)23-12-14-3-7-22-8-4-14/h1-4,7-8,11,16H,5-6,9-10,12-13H2,(H,23,25). The molecule has 1 amide bonds. The lowest BCUT2D eigenvalue weighted by atomic mass is 9.97. The Balaban J connectivity index is 1.52. The van der Waals surface area contributed by atoms with Gasteiger partial charge in [-0.05, 0) is 48.2 Å². The van der Waals surface area contributed by atoms with Gasteiger partial charge in [-0.25, -0.2) is 12.7 Å². The average molecular weight is 442 g/mol. The lowest BCUT2D eigenvalue weighted by Crippen LogP contribution is -2.43. The second-order valence-corrected chi connectivity index (χ2v) is 9.53. The van der Waals surface area contributed by atoms with Gasteiger partial charge in [-0.3, -0.25) is 9.78 Å². The summed E-state index contributed by atoms with van der Waals surface area (Å²) in [6.07, 6.45) is 4.36. The number of carbonyl (C=O) groups excluding carboxylic acids is 1. The number of hydrogen-bond donors (Lipinski definition) is 1. The first-order valence-electron chi connectivity index (χ1n) is 8.93. The van der Waals surface area contributed by atoms with E-state index in [1.165, 1.54) is 4.31 Å². The van der Waals surface area contributed by atoms with Crippen molar-refractivity contribution in [2.45, 2.75) is 25.1 Å². The van der Waals surface area contributed by atoms with Crippen LogP contribution in [0.2, 0.25) is 10.0 Å². The van der Waals surface area contributed by atoms with Crippen LogP contribution in [0.1, 0.15) is 24.0 Å². The van der Waals surface area contributed by atoms with E-state index in [0.29, 0.717) is 48.1 Å². The van der Waals surface area contributed by atoms with Crippen LogP contribution >= 0.6 is 23.2 Å². The maximum absolute atomic E-state index is 12.7. The molecule has 6 nitrogen and oxygen atoms in total. The van der Waals surface area contributed by atoms with Crippen molar-refractivity contribution >= 4 is 39.1 Å². The summed E-state index contributed by atoms with van der Waals surface area (Å²) < 4.78 is 26.8. The van der Waals surface area contributed by atoms with Crippen molar-refractivity contribution in [2.75, 3.05) is 13.1 Å². The molecule has 1 aromatic carbocycles. The molecule has 1 aliphatic rings. The van der Waals surface area contributed by atoms with Gasteiger partial charge in [-0.15, -0.1) is 0 Å². The average Bonchev–Trinajstić information content (AvgIpc) is 2.69. The van der Waals surface area contributed by atoms with Crippen LogP contribution < -0.4 is 5.32 Å². The second kappa shape index (κ2) is 9.22. The van der Waals surface area contributed by atoms with E-state index in [9.17, 15) is 13.2 Å². The van der Waals surface area contributed by atoms with Gasteiger partial charge in [-0.2, -0.15) is 0 Å². The first kappa shape index (κ1) is 21.0. The van der Waals surface area contributed by atoms with Gasteiger partial charge in [0.2, 0.25) is 15.9 Å². The van der Waals surface area contributed by atoms with E-state index in [4.69, 9.17) is 23.2 Å². The van der Waals surface area contributed by atoms with Crippen molar-refractivity contribution in [3.05, 3.63) is 63.9 Å². The van der Waals surface area contributed by atoms with Crippen LogP contribution in [0.5, 0.6) is 0 Å². The Bertz CT molecular complexity index is 931. The number of nitrogens with one attached hydrogen (secondary N) is 1. The molecule has 0 unspecified atom stereocenters. The van der Waals surface area contributed by atoms with E-state index in [1.54, 1.807) is 30.6 Å². The molecule has 0 atom stereocenters. The highest BCUT2D eigenvalue weighted by atomic mass is 35.5. The Hall–Kier alpha value is -1.67. The minimum atomic E-state index is -3.48. The van der Waals surface area contributed by atoms with Crippen LogP contribution in [0, 0.1) is 5.92 Å². The van der Waals surface area contributed by atoms with E-state index >= 15 is 0 Å². The number of hydrogen-bond acceptors (Lipinski definition) is 4. The molecule has 2 heterocycles. The molecular weight excluding hydrogens is 421 g/mol. The molecule has 1 aromatic heterocycles. The van der Waals surface area contributed by atoms with E-state index in [-0.39, 0.29) is 17.6 Å². The zero-order valence-electron chi connectivity index (χ0n) is 15.1. The Morgan fingerprint density at radius 3 is 2.39 bits per heavy atom. The quantitative estimate of drug-likeness (QED) is 0.745.